The summed E-state index contributed by atoms with van der Waals surface area (Å²) < 4.78 is 0. The molecule has 1 heteroatoms. The smallest absolute Gasteiger partial charge is 0.340 e. The van der Waals surface area contributed by atoms with Crippen LogP contribution in [0.3, 0.4) is 0 Å². The molecule has 1 unspecified atom stereocenters. The van der Waals surface area contributed by atoms with Crippen LogP contribution in [0.5, 0.6) is 0 Å². The maximum Gasteiger partial charge on any atom is 1.00 e. The first-order valence-electron chi connectivity index (χ1n) is 3.64. The van der Waals surface area contributed by atoms with Gasteiger partial charge in [0.05, 0.1) is 0 Å². The molecule has 0 fully saturated rings. The van der Waals surface area contributed by atoms with Crippen LogP contribution in [0, 0.1) is 12.8 Å². The van der Waals surface area contributed by atoms with Crippen molar-refractivity contribution in [3.05, 3.63) is 6.92 Å². The molecule has 0 spiro atoms. The molecule has 0 aliphatic carbocycles. The van der Waals surface area contributed by atoms with Crippen molar-refractivity contribution >= 4 is 0 Å². The van der Waals surface area contributed by atoms with E-state index in [1.807, 2.05) is 0 Å². The number of unbranched alkanes of at least 4 members (excludes halogenated alkanes) is 1. The minimum absolute atomic E-state index is 0. The zero-order chi connectivity index (χ0) is 6.41. The number of hydrogen-bond donors (Lipinski definition) is 0. The maximum atomic E-state index is 3.99. The van der Waals surface area contributed by atoms with Gasteiger partial charge in [0.2, 0.25) is 0 Å². The van der Waals surface area contributed by atoms with Gasteiger partial charge >= 0.3 is 18.9 Å². The molecule has 0 heterocycles. The van der Waals surface area contributed by atoms with E-state index in [0.717, 1.165) is 0 Å². The van der Waals surface area contributed by atoms with Crippen molar-refractivity contribution in [2.24, 2.45) is 5.92 Å². The zero-order valence-corrected chi connectivity index (χ0v) is 7.11. The van der Waals surface area contributed by atoms with E-state index in [0.29, 0.717) is 5.92 Å². The van der Waals surface area contributed by atoms with Crippen LogP contribution < -0.4 is 18.9 Å². The quantitative estimate of drug-likeness (QED) is 0.363. The monoisotopic (exact) mass is 120 g/mol. The molecule has 0 bridgehead atoms. The van der Waals surface area contributed by atoms with E-state index in [1.54, 1.807) is 0 Å². The van der Waals surface area contributed by atoms with Crippen LogP contribution in [0.15, 0.2) is 0 Å². The minimum atomic E-state index is 0. The molecule has 0 aliphatic rings. The summed E-state index contributed by atoms with van der Waals surface area (Å²) in [5.74, 6) is 0.704. The molecule has 0 nitrogen and oxygen atoms in total. The molecule has 0 rings (SSSR count). The summed E-state index contributed by atoms with van der Waals surface area (Å²) in [6, 6.07) is 0. The molecule has 0 radical (unpaired) electrons. The Balaban J connectivity index is 0. The first-order chi connectivity index (χ1) is 3.81. The van der Waals surface area contributed by atoms with Gasteiger partial charge in [-0.25, -0.2) is 0 Å². The second-order valence-electron chi connectivity index (χ2n) is 2.42. The van der Waals surface area contributed by atoms with Gasteiger partial charge in [0.25, 0.3) is 0 Å². The molecular weight excluding hydrogens is 103 g/mol. The summed E-state index contributed by atoms with van der Waals surface area (Å²) in [5.41, 5.74) is 0. The fraction of sp³-hybridized carbons (Fsp3) is 0.875. The van der Waals surface area contributed by atoms with Crippen molar-refractivity contribution in [2.75, 3.05) is 0 Å². The molecule has 0 saturated carbocycles. The average molecular weight is 120 g/mol. The summed E-state index contributed by atoms with van der Waals surface area (Å²) in [5, 5.41) is 0. The normalized spacial score (nSPS) is 12.3. The Morgan fingerprint density at radius 3 is 2.22 bits per heavy atom. The van der Waals surface area contributed by atoms with Gasteiger partial charge in [-0.1, -0.05) is 39.5 Å². The van der Waals surface area contributed by atoms with Crippen LogP contribution >= 0.6 is 0 Å². The van der Waals surface area contributed by atoms with E-state index < -0.39 is 0 Å². The predicted molar refractivity (Wildman–Crippen MR) is 38.7 cm³/mol. The van der Waals surface area contributed by atoms with Crippen LogP contribution in [0.4, 0.5) is 0 Å². The molecule has 0 aromatic heterocycles. The van der Waals surface area contributed by atoms with Crippen molar-refractivity contribution in [3.8, 4) is 0 Å². The van der Waals surface area contributed by atoms with Gasteiger partial charge in [-0.05, 0) is 0 Å². The fourth-order valence-corrected chi connectivity index (χ4v) is 0.697. The molecule has 9 heavy (non-hydrogen) atoms. The Labute approximate surface area is 71.6 Å². The number of hydrogen-bond acceptors (Lipinski definition) is 0. The fourth-order valence-electron chi connectivity index (χ4n) is 0.697. The second kappa shape index (κ2) is 8.60. The third-order valence-electron chi connectivity index (χ3n) is 1.54. The first-order valence-corrected chi connectivity index (χ1v) is 3.64. The molecule has 0 amide bonds. The van der Waals surface area contributed by atoms with E-state index in [-0.39, 0.29) is 18.9 Å². The molecule has 1 atom stereocenters. The molecule has 0 N–H and O–H groups in total. The van der Waals surface area contributed by atoms with Crippen LogP contribution in [0.1, 0.15) is 39.5 Å². The Morgan fingerprint density at radius 1 is 1.33 bits per heavy atom. The summed E-state index contributed by atoms with van der Waals surface area (Å²) in [6.07, 6.45) is 5.21. The summed E-state index contributed by atoms with van der Waals surface area (Å²) in [7, 11) is 0. The summed E-state index contributed by atoms with van der Waals surface area (Å²) in [4.78, 5) is 0. The van der Waals surface area contributed by atoms with E-state index in [2.05, 4.69) is 20.8 Å². The van der Waals surface area contributed by atoms with Gasteiger partial charge in [-0.15, -0.1) is 0 Å². The van der Waals surface area contributed by atoms with Gasteiger partial charge in [-0.2, -0.15) is 5.92 Å². The van der Waals surface area contributed by atoms with Crippen LogP contribution in [0.25, 0.3) is 0 Å². The molecule has 0 aromatic rings. The van der Waals surface area contributed by atoms with Crippen molar-refractivity contribution in [2.45, 2.75) is 39.5 Å². The molecule has 0 aliphatic heterocycles. The SMILES string of the molecule is [CH2-]C(CC)CCCC.[Li+]. The van der Waals surface area contributed by atoms with Gasteiger partial charge in [-0.3, -0.25) is 0 Å². The molecule has 50 valence electrons. The van der Waals surface area contributed by atoms with Gasteiger partial charge < -0.3 is 6.92 Å². The standard InChI is InChI=1S/C8H17.Li/c1-4-6-7-8(3)5-2;/h8H,3-7H2,1-2H3;/q-1;+1. The molecular formula is C8H17Li. The van der Waals surface area contributed by atoms with E-state index in [4.69, 9.17) is 0 Å². The average Bonchev–Trinajstić information content (AvgIpc) is 1.83. The van der Waals surface area contributed by atoms with Crippen molar-refractivity contribution in [3.63, 3.8) is 0 Å². The van der Waals surface area contributed by atoms with Crippen LogP contribution in [0.2, 0.25) is 0 Å². The Morgan fingerprint density at radius 2 is 1.89 bits per heavy atom. The van der Waals surface area contributed by atoms with Crippen molar-refractivity contribution < 1.29 is 18.9 Å². The van der Waals surface area contributed by atoms with Crippen molar-refractivity contribution in [1.82, 2.24) is 0 Å². The van der Waals surface area contributed by atoms with Crippen molar-refractivity contribution in [1.29, 1.82) is 0 Å². The first kappa shape index (κ1) is 12.3. The number of rotatable bonds is 4. The van der Waals surface area contributed by atoms with E-state index in [1.165, 1.54) is 25.7 Å². The zero-order valence-electron chi connectivity index (χ0n) is 7.11. The van der Waals surface area contributed by atoms with Crippen LogP contribution in [-0.2, 0) is 0 Å². The second-order valence-corrected chi connectivity index (χ2v) is 2.42. The summed E-state index contributed by atoms with van der Waals surface area (Å²) in [6.45, 7) is 8.42. The minimum Gasteiger partial charge on any atom is -0.340 e. The third-order valence-corrected chi connectivity index (χ3v) is 1.54. The molecule has 0 saturated heterocycles. The molecule has 0 aromatic carbocycles. The van der Waals surface area contributed by atoms with E-state index >= 15 is 0 Å². The topological polar surface area (TPSA) is 0 Å². The Hall–Kier alpha value is 0.597. The van der Waals surface area contributed by atoms with E-state index in [9.17, 15) is 0 Å². The van der Waals surface area contributed by atoms with Gasteiger partial charge in [0, 0.05) is 0 Å². The summed E-state index contributed by atoms with van der Waals surface area (Å²) >= 11 is 0. The van der Waals surface area contributed by atoms with Gasteiger partial charge in [0.15, 0.2) is 0 Å². The Bertz CT molecular complexity index is 43.8. The predicted octanol–water partition coefficient (Wildman–Crippen LogP) is 0.0409. The maximum absolute atomic E-state index is 3.99. The van der Waals surface area contributed by atoms with Crippen LogP contribution in [-0.4, -0.2) is 0 Å². The van der Waals surface area contributed by atoms with Gasteiger partial charge in [0.1, 0.15) is 0 Å². The third kappa shape index (κ3) is 8.60. The largest absolute Gasteiger partial charge is 1.00 e. The Kier molecular flexibility index (Phi) is 11.7.